The summed E-state index contributed by atoms with van der Waals surface area (Å²) in [6.45, 7) is 1.88. The predicted molar refractivity (Wildman–Crippen MR) is 87.6 cm³/mol. The minimum atomic E-state index is 0. The molecule has 3 nitrogen and oxygen atoms in total. The highest BCUT2D eigenvalue weighted by Crippen LogP contribution is 2.23. The molecule has 0 saturated carbocycles. The number of hydrogen-bond donors (Lipinski definition) is 2. The highest BCUT2D eigenvalue weighted by atomic mass is 35.5. The predicted octanol–water partition coefficient (Wildman–Crippen LogP) is 1.47. The Morgan fingerprint density at radius 3 is 2.72 bits per heavy atom. The number of thioether (sulfide) groups is 3. The van der Waals surface area contributed by atoms with E-state index < -0.39 is 0 Å². The lowest BCUT2D eigenvalue weighted by Crippen LogP contribution is -2.42. The summed E-state index contributed by atoms with van der Waals surface area (Å²) in [5, 5.41) is 7.09. The van der Waals surface area contributed by atoms with Crippen LogP contribution in [0.15, 0.2) is 0 Å². The molecule has 0 aliphatic carbocycles. The molecule has 2 heterocycles. The molecular weight excluding hydrogens is 308 g/mol. The zero-order valence-corrected chi connectivity index (χ0v) is 13.6. The molecule has 0 spiro atoms. The van der Waals surface area contributed by atoms with Gasteiger partial charge in [-0.15, -0.1) is 12.4 Å². The smallest absolute Gasteiger partial charge is 0.221 e. The van der Waals surface area contributed by atoms with Gasteiger partial charge in [0.05, 0.1) is 0 Å². The first-order chi connectivity index (χ1) is 8.34. The Morgan fingerprint density at radius 1 is 1.22 bits per heavy atom. The van der Waals surface area contributed by atoms with E-state index in [9.17, 15) is 4.79 Å². The highest BCUT2D eigenvalue weighted by molar-refractivity contribution is 8.06. The van der Waals surface area contributed by atoms with E-state index in [4.69, 9.17) is 0 Å². The van der Waals surface area contributed by atoms with Crippen molar-refractivity contribution in [3.8, 4) is 0 Å². The quantitative estimate of drug-likeness (QED) is 0.818. The molecule has 0 aromatic carbocycles. The number of nitrogens with one attached hydrogen (secondary N) is 2. The Morgan fingerprint density at radius 2 is 2.06 bits per heavy atom. The standard InChI is InChI=1S/C11H20N2OS3.ClH/c14-11(5-9-7-15-2-1-12-9)13-6-10-8-16-3-4-17-10;/h9-10,12H,1-8H2,(H,13,14);1H. The van der Waals surface area contributed by atoms with Crippen LogP contribution in [0.1, 0.15) is 6.42 Å². The lowest BCUT2D eigenvalue weighted by atomic mass is 10.2. The number of halogens is 1. The molecule has 7 heteroatoms. The van der Waals surface area contributed by atoms with Crippen LogP contribution in [0.3, 0.4) is 0 Å². The number of amides is 1. The van der Waals surface area contributed by atoms with E-state index in [2.05, 4.69) is 10.6 Å². The topological polar surface area (TPSA) is 41.1 Å². The van der Waals surface area contributed by atoms with Crippen molar-refractivity contribution >= 4 is 53.6 Å². The van der Waals surface area contributed by atoms with E-state index in [0.29, 0.717) is 17.7 Å². The first-order valence-corrected chi connectivity index (χ1v) is 9.47. The Kier molecular flexibility index (Phi) is 9.01. The van der Waals surface area contributed by atoms with Crippen LogP contribution in [-0.4, -0.2) is 59.1 Å². The van der Waals surface area contributed by atoms with Crippen molar-refractivity contribution in [1.29, 1.82) is 0 Å². The van der Waals surface area contributed by atoms with Crippen molar-refractivity contribution in [1.82, 2.24) is 10.6 Å². The summed E-state index contributed by atoms with van der Waals surface area (Å²) >= 11 is 5.94. The van der Waals surface area contributed by atoms with Gasteiger partial charge in [-0.1, -0.05) is 0 Å². The van der Waals surface area contributed by atoms with Gasteiger partial charge in [0.15, 0.2) is 0 Å². The number of carbonyl (C=O) groups is 1. The molecule has 2 aliphatic heterocycles. The highest BCUT2D eigenvalue weighted by Gasteiger charge is 2.18. The van der Waals surface area contributed by atoms with Crippen LogP contribution in [0.25, 0.3) is 0 Å². The minimum absolute atomic E-state index is 0. The molecule has 2 unspecified atom stereocenters. The molecule has 2 atom stereocenters. The van der Waals surface area contributed by atoms with Crippen molar-refractivity contribution in [2.24, 2.45) is 0 Å². The van der Waals surface area contributed by atoms with Gasteiger partial charge >= 0.3 is 0 Å². The first-order valence-electron chi connectivity index (χ1n) is 6.12. The minimum Gasteiger partial charge on any atom is -0.355 e. The summed E-state index contributed by atoms with van der Waals surface area (Å²) in [6, 6.07) is 0.377. The molecule has 0 radical (unpaired) electrons. The number of carbonyl (C=O) groups excluding carboxylic acids is 1. The molecule has 0 bridgehead atoms. The third-order valence-corrected chi connectivity index (χ3v) is 6.82. The van der Waals surface area contributed by atoms with Crippen molar-refractivity contribution in [3.63, 3.8) is 0 Å². The van der Waals surface area contributed by atoms with E-state index in [-0.39, 0.29) is 18.3 Å². The second kappa shape index (κ2) is 9.64. The SMILES string of the molecule is Cl.O=C(CC1CSCCN1)NCC1CSCCS1. The van der Waals surface area contributed by atoms with Crippen LogP contribution in [0.5, 0.6) is 0 Å². The van der Waals surface area contributed by atoms with Crippen molar-refractivity contribution in [3.05, 3.63) is 0 Å². The average Bonchev–Trinajstić information content (AvgIpc) is 2.39. The van der Waals surface area contributed by atoms with Gasteiger partial charge in [0.1, 0.15) is 0 Å². The lowest BCUT2D eigenvalue weighted by molar-refractivity contribution is -0.121. The molecule has 1 amide bonds. The van der Waals surface area contributed by atoms with Gasteiger partial charge in [-0.25, -0.2) is 0 Å². The van der Waals surface area contributed by atoms with E-state index in [0.717, 1.165) is 18.8 Å². The lowest BCUT2D eigenvalue weighted by Gasteiger charge is -2.24. The first kappa shape index (κ1) is 16.8. The third kappa shape index (κ3) is 6.28. The Hall–Kier alpha value is 0.770. The van der Waals surface area contributed by atoms with Gasteiger partial charge in [-0.3, -0.25) is 4.79 Å². The largest absolute Gasteiger partial charge is 0.355 e. The van der Waals surface area contributed by atoms with E-state index in [1.165, 1.54) is 23.0 Å². The van der Waals surface area contributed by atoms with Crippen LogP contribution in [0.2, 0.25) is 0 Å². The molecule has 2 saturated heterocycles. The van der Waals surface area contributed by atoms with Crippen LogP contribution >= 0.6 is 47.7 Å². The molecule has 106 valence electrons. The normalized spacial score (nSPS) is 28.2. The number of rotatable bonds is 4. The number of hydrogen-bond acceptors (Lipinski definition) is 5. The van der Waals surface area contributed by atoms with Crippen LogP contribution in [0.4, 0.5) is 0 Å². The van der Waals surface area contributed by atoms with Gasteiger partial charge in [0, 0.05) is 59.6 Å². The summed E-state index contributed by atoms with van der Waals surface area (Å²) in [5.41, 5.74) is 0. The second-order valence-electron chi connectivity index (χ2n) is 4.30. The van der Waals surface area contributed by atoms with Crippen LogP contribution < -0.4 is 10.6 Å². The van der Waals surface area contributed by atoms with Crippen molar-refractivity contribution in [2.45, 2.75) is 17.7 Å². The molecule has 0 aromatic rings. The Labute approximate surface area is 128 Å². The summed E-state index contributed by atoms with van der Waals surface area (Å²) in [7, 11) is 0. The fourth-order valence-electron chi connectivity index (χ4n) is 1.93. The zero-order chi connectivity index (χ0) is 11.9. The summed E-state index contributed by atoms with van der Waals surface area (Å²) in [6.07, 6.45) is 0.636. The Bertz CT molecular complexity index is 246. The summed E-state index contributed by atoms with van der Waals surface area (Å²) in [4.78, 5) is 11.8. The molecule has 2 rings (SSSR count). The molecule has 2 aliphatic rings. The molecule has 2 fully saturated rings. The fourth-order valence-corrected chi connectivity index (χ4v) is 5.49. The average molecular weight is 329 g/mol. The van der Waals surface area contributed by atoms with Gasteiger partial charge in [0.2, 0.25) is 5.91 Å². The second-order valence-corrected chi connectivity index (χ2v) is 8.01. The zero-order valence-electron chi connectivity index (χ0n) is 10.4. The van der Waals surface area contributed by atoms with Gasteiger partial charge < -0.3 is 10.6 Å². The fraction of sp³-hybridized carbons (Fsp3) is 0.909. The van der Waals surface area contributed by atoms with Crippen molar-refractivity contribution in [2.75, 3.05) is 41.9 Å². The molecule has 0 aromatic heterocycles. The molecular formula is C11H21ClN2OS3. The summed E-state index contributed by atoms with van der Waals surface area (Å²) < 4.78 is 0. The maximum Gasteiger partial charge on any atom is 0.221 e. The van der Waals surface area contributed by atoms with E-state index in [1.54, 1.807) is 0 Å². The molecule has 2 N–H and O–H groups in total. The third-order valence-electron chi connectivity index (χ3n) is 2.84. The van der Waals surface area contributed by atoms with Crippen molar-refractivity contribution < 1.29 is 4.79 Å². The van der Waals surface area contributed by atoms with E-state index in [1.807, 2.05) is 35.3 Å². The monoisotopic (exact) mass is 328 g/mol. The Balaban J connectivity index is 0.00000162. The van der Waals surface area contributed by atoms with Crippen LogP contribution in [-0.2, 0) is 4.79 Å². The maximum absolute atomic E-state index is 11.8. The molecule has 18 heavy (non-hydrogen) atoms. The van der Waals surface area contributed by atoms with Crippen LogP contribution in [0, 0.1) is 0 Å². The van der Waals surface area contributed by atoms with Gasteiger partial charge in [-0.05, 0) is 0 Å². The maximum atomic E-state index is 11.8. The summed E-state index contributed by atoms with van der Waals surface area (Å²) in [5.74, 6) is 6.13. The van der Waals surface area contributed by atoms with E-state index >= 15 is 0 Å². The van der Waals surface area contributed by atoms with Gasteiger partial charge in [0.25, 0.3) is 0 Å². The van der Waals surface area contributed by atoms with Gasteiger partial charge in [-0.2, -0.15) is 35.3 Å².